The Hall–Kier alpha value is -2.12. The van der Waals surface area contributed by atoms with Gasteiger partial charge in [-0.25, -0.2) is 0 Å². The van der Waals surface area contributed by atoms with Crippen LogP contribution < -0.4 is 5.32 Å². The van der Waals surface area contributed by atoms with Crippen LogP contribution in [0, 0.1) is 0 Å². The van der Waals surface area contributed by atoms with Crippen molar-refractivity contribution in [1.29, 1.82) is 0 Å². The van der Waals surface area contributed by atoms with Crippen molar-refractivity contribution in [2.45, 2.75) is 136 Å². The molecular weight excluding hydrogens is 438 g/mol. The second-order valence-electron chi connectivity index (χ2n) is 9.01. The van der Waals surface area contributed by atoms with Gasteiger partial charge < -0.3 is 19.5 Å². The third-order valence-electron chi connectivity index (χ3n) is 5.58. The Kier molecular flexibility index (Phi) is 19.0. The molecule has 0 aromatic rings. The summed E-state index contributed by atoms with van der Waals surface area (Å²) < 4.78 is 16.0. The van der Waals surface area contributed by atoms with Crippen molar-refractivity contribution in [1.82, 2.24) is 5.32 Å². The van der Waals surface area contributed by atoms with Crippen LogP contribution in [0.3, 0.4) is 0 Å². The average Bonchev–Trinajstić information content (AvgIpc) is 2.74. The first-order valence-corrected chi connectivity index (χ1v) is 12.9. The van der Waals surface area contributed by atoms with E-state index in [1.165, 1.54) is 85.5 Å². The number of rotatable bonds is 20. The number of ether oxygens (including phenoxy) is 3. The Balaban J connectivity index is 4.72. The first kappa shape index (κ1) is 31.9. The van der Waals surface area contributed by atoms with Crippen LogP contribution >= 0.6 is 0 Å². The van der Waals surface area contributed by atoms with Gasteiger partial charge in [0, 0.05) is 27.7 Å². The molecule has 0 unspecified atom stereocenters. The van der Waals surface area contributed by atoms with Crippen LogP contribution in [0.4, 0.5) is 0 Å². The molecule has 198 valence electrons. The summed E-state index contributed by atoms with van der Waals surface area (Å²) in [6.45, 7) is 7.15. The van der Waals surface area contributed by atoms with Crippen molar-refractivity contribution in [2.24, 2.45) is 0 Å². The zero-order valence-electron chi connectivity index (χ0n) is 22.0. The van der Waals surface area contributed by atoms with Gasteiger partial charge in [0.05, 0.1) is 0 Å². The SMILES string of the molecule is CCCCCCCCCCCCCC[C@H](OC(C)=O)[C@@H](OC(C)=O)[C@H](COC(C)=O)NC(C)=O. The van der Waals surface area contributed by atoms with Crippen LogP contribution in [0.2, 0.25) is 0 Å². The topological polar surface area (TPSA) is 108 Å². The lowest BCUT2D eigenvalue weighted by molar-refractivity contribution is -0.171. The summed E-state index contributed by atoms with van der Waals surface area (Å²) >= 11 is 0. The molecule has 0 aromatic heterocycles. The average molecular weight is 486 g/mol. The highest BCUT2D eigenvalue weighted by atomic mass is 16.6. The first-order chi connectivity index (χ1) is 16.2. The third-order valence-corrected chi connectivity index (χ3v) is 5.58. The number of carbonyl (C=O) groups excluding carboxylic acids is 4. The Bertz CT molecular complexity index is 594. The number of amides is 1. The number of hydrogen-bond donors (Lipinski definition) is 1. The van der Waals surface area contributed by atoms with Crippen LogP contribution in [-0.2, 0) is 33.4 Å². The fraction of sp³-hybridized carbons (Fsp3) is 0.846. The van der Waals surface area contributed by atoms with E-state index in [0.29, 0.717) is 6.42 Å². The lowest BCUT2D eigenvalue weighted by Crippen LogP contribution is -2.53. The molecule has 0 saturated heterocycles. The van der Waals surface area contributed by atoms with Crippen LogP contribution in [0.15, 0.2) is 0 Å². The summed E-state index contributed by atoms with van der Waals surface area (Å²) in [5.74, 6) is -1.98. The van der Waals surface area contributed by atoms with Crippen LogP contribution in [-0.4, -0.2) is 48.7 Å². The number of hydrogen-bond acceptors (Lipinski definition) is 7. The molecule has 0 saturated carbocycles. The second kappa shape index (κ2) is 20.3. The molecule has 0 aliphatic carbocycles. The minimum Gasteiger partial charge on any atom is -0.464 e. The molecule has 0 rings (SSSR count). The maximum atomic E-state index is 11.8. The van der Waals surface area contributed by atoms with Gasteiger partial charge in [-0.05, 0) is 12.8 Å². The molecule has 0 fully saturated rings. The zero-order valence-corrected chi connectivity index (χ0v) is 22.0. The molecule has 1 N–H and O–H groups in total. The summed E-state index contributed by atoms with van der Waals surface area (Å²) in [6.07, 6.45) is 13.2. The van der Waals surface area contributed by atoms with Gasteiger partial charge in [0.1, 0.15) is 18.8 Å². The van der Waals surface area contributed by atoms with Crippen molar-refractivity contribution in [3.8, 4) is 0 Å². The van der Waals surface area contributed by atoms with E-state index in [2.05, 4.69) is 12.2 Å². The fourth-order valence-electron chi connectivity index (χ4n) is 3.99. The van der Waals surface area contributed by atoms with Gasteiger partial charge in [-0.3, -0.25) is 19.2 Å². The van der Waals surface area contributed by atoms with Gasteiger partial charge in [-0.15, -0.1) is 0 Å². The fourth-order valence-corrected chi connectivity index (χ4v) is 3.99. The molecule has 0 bridgehead atoms. The van der Waals surface area contributed by atoms with E-state index < -0.39 is 36.2 Å². The summed E-state index contributed by atoms with van der Waals surface area (Å²) in [7, 11) is 0. The minimum atomic E-state index is -0.961. The molecule has 0 radical (unpaired) electrons. The molecule has 0 aliphatic rings. The lowest BCUT2D eigenvalue weighted by Gasteiger charge is -2.32. The molecular formula is C26H47NO7. The van der Waals surface area contributed by atoms with Crippen molar-refractivity contribution in [2.75, 3.05) is 6.61 Å². The molecule has 1 amide bonds. The van der Waals surface area contributed by atoms with E-state index in [-0.39, 0.29) is 12.5 Å². The third kappa shape index (κ3) is 18.3. The molecule has 8 heteroatoms. The van der Waals surface area contributed by atoms with Gasteiger partial charge in [0.25, 0.3) is 0 Å². The number of unbranched alkanes of at least 4 members (excludes halogenated alkanes) is 11. The Morgan fingerprint density at radius 1 is 0.647 bits per heavy atom. The van der Waals surface area contributed by atoms with E-state index in [1.54, 1.807) is 0 Å². The molecule has 0 spiro atoms. The van der Waals surface area contributed by atoms with E-state index >= 15 is 0 Å². The lowest BCUT2D eigenvalue weighted by atomic mass is 9.98. The zero-order chi connectivity index (χ0) is 25.8. The van der Waals surface area contributed by atoms with Crippen molar-refractivity contribution in [3.63, 3.8) is 0 Å². The maximum absolute atomic E-state index is 11.8. The normalized spacial score (nSPS) is 13.4. The summed E-state index contributed by atoms with van der Waals surface area (Å²) in [4.78, 5) is 46.5. The van der Waals surface area contributed by atoms with Crippen molar-refractivity contribution < 1.29 is 33.4 Å². The monoisotopic (exact) mass is 485 g/mol. The minimum absolute atomic E-state index is 0.191. The summed E-state index contributed by atoms with van der Waals surface area (Å²) in [5, 5.41) is 2.66. The molecule has 8 nitrogen and oxygen atoms in total. The quantitative estimate of drug-likeness (QED) is 0.147. The van der Waals surface area contributed by atoms with Crippen molar-refractivity contribution >= 4 is 23.8 Å². The maximum Gasteiger partial charge on any atom is 0.303 e. The van der Waals surface area contributed by atoms with Gasteiger partial charge in [-0.1, -0.05) is 77.6 Å². The Morgan fingerprint density at radius 3 is 1.53 bits per heavy atom. The van der Waals surface area contributed by atoms with Gasteiger partial charge in [0.2, 0.25) is 5.91 Å². The van der Waals surface area contributed by atoms with Crippen LogP contribution in [0.1, 0.15) is 118 Å². The Morgan fingerprint density at radius 2 is 1.12 bits per heavy atom. The molecule has 0 heterocycles. The molecule has 0 aliphatic heterocycles. The van der Waals surface area contributed by atoms with Crippen LogP contribution in [0.25, 0.3) is 0 Å². The molecule has 3 atom stereocenters. The van der Waals surface area contributed by atoms with E-state index in [1.807, 2.05) is 0 Å². The summed E-state index contributed by atoms with van der Waals surface area (Å²) in [6, 6.07) is -0.827. The van der Waals surface area contributed by atoms with Gasteiger partial charge >= 0.3 is 17.9 Å². The largest absolute Gasteiger partial charge is 0.464 e. The number of nitrogens with one attached hydrogen (secondary N) is 1. The first-order valence-electron chi connectivity index (χ1n) is 12.9. The standard InChI is InChI=1S/C26H47NO7/c1-6-7-8-9-10-11-12-13-14-15-16-17-18-25(33-22(4)30)26(34-23(5)31)24(27-20(2)28)19-32-21(3)29/h24-26H,6-19H2,1-5H3,(H,27,28)/t24-,25-,26-/m0/s1. The second-order valence-corrected chi connectivity index (χ2v) is 9.01. The number of carbonyl (C=O) groups is 4. The van der Waals surface area contributed by atoms with E-state index in [4.69, 9.17) is 14.2 Å². The van der Waals surface area contributed by atoms with Gasteiger partial charge in [-0.2, -0.15) is 0 Å². The van der Waals surface area contributed by atoms with Crippen molar-refractivity contribution in [3.05, 3.63) is 0 Å². The number of esters is 3. The smallest absolute Gasteiger partial charge is 0.303 e. The highest BCUT2D eigenvalue weighted by Crippen LogP contribution is 2.19. The summed E-state index contributed by atoms with van der Waals surface area (Å²) in [5.41, 5.74) is 0. The molecule has 34 heavy (non-hydrogen) atoms. The van der Waals surface area contributed by atoms with Gasteiger partial charge in [0.15, 0.2) is 6.10 Å². The highest BCUT2D eigenvalue weighted by Gasteiger charge is 2.35. The Labute approximate surface area is 205 Å². The predicted octanol–water partition coefficient (Wildman–Crippen LogP) is 5.01. The molecule has 0 aromatic carbocycles. The van der Waals surface area contributed by atoms with E-state index in [0.717, 1.165) is 19.3 Å². The van der Waals surface area contributed by atoms with Crippen LogP contribution in [0.5, 0.6) is 0 Å². The highest BCUT2D eigenvalue weighted by molar-refractivity contribution is 5.73. The van der Waals surface area contributed by atoms with E-state index in [9.17, 15) is 19.2 Å². The predicted molar refractivity (Wildman–Crippen MR) is 131 cm³/mol.